The molecule has 0 saturated carbocycles. The fourth-order valence-electron chi connectivity index (χ4n) is 5.60. The molecule has 226 valence electrons. The summed E-state index contributed by atoms with van der Waals surface area (Å²) in [5, 5.41) is 10.6. The standard InChI is InChI=1S/C30H29ClF2N10S/c1-14(18-10-37-13-38-26(18)35)42(5)28-16-8-19(31)22(15-6-7-20(32)25-21(15)17(9-34)27(36)44-25)23(33)24(16)39-29(40-28)43-11-30(2,12-43)41(3)4/h6-8,10,13-14H,11-12,36H2,1-5H3,(H2,35,37,38)/t14-/m1/s1. The highest BCUT2D eigenvalue weighted by molar-refractivity contribution is 7.23. The van der Waals surface area contributed by atoms with Crippen LogP contribution in [0.25, 0.3) is 32.1 Å². The van der Waals surface area contributed by atoms with Crippen molar-refractivity contribution in [2.45, 2.75) is 25.4 Å². The van der Waals surface area contributed by atoms with Gasteiger partial charge in [0.1, 0.15) is 40.4 Å². The molecule has 0 radical (unpaired) electrons. The first kappa shape index (κ1) is 29.7. The minimum absolute atomic E-state index is 0.00721. The van der Waals surface area contributed by atoms with E-state index in [1.807, 2.05) is 43.9 Å². The van der Waals surface area contributed by atoms with Gasteiger partial charge in [-0.1, -0.05) is 17.7 Å². The van der Waals surface area contributed by atoms with Gasteiger partial charge in [-0.3, -0.25) is 0 Å². The van der Waals surface area contributed by atoms with E-state index < -0.39 is 11.6 Å². The summed E-state index contributed by atoms with van der Waals surface area (Å²) >= 11 is 7.76. The van der Waals surface area contributed by atoms with E-state index >= 15 is 4.39 Å². The van der Waals surface area contributed by atoms with Crippen LogP contribution in [0, 0.1) is 23.0 Å². The number of nitrogens with two attached hydrogens (primary N) is 2. The zero-order valence-electron chi connectivity index (χ0n) is 24.7. The summed E-state index contributed by atoms with van der Waals surface area (Å²) in [6.45, 7) is 5.31. The second-order valence-electron chi connectivity index (χ2n) is 11.4. The maximum atomic E-state index is 16.9. The van der Waals surface area contributed by atoms with Gasteiger partial charge in [0.15, 0.2) is 5.82 Å². The normalized spacial score (nSPS) is 15.0. The first-order chi connectivity index (χ1) is 20.9. The van der Waals surface area contributed by atoms with E-state index in [0.29, 0.717) is 41.6 Å². The summed E-state index contributed by atoms with van der Waals surface area (Å²) in [7, 11) is 5.84. The molecule has 0 amide bonds. The highest BCUT2D eigenvalue weighted by atomic mass is 35.5. The Morgan fingerprint density at radius 2 is 1.91 bits per heavy atom. The molecule has 6 rings (SSSR count). The summed E-state index contributed by atoms with van der Waals surface area (Å²) in [6.07, 6.45) is 3.01. The molecule has 5 aromatic rings. The number of hydrogen-bond donors (Lipinski definition) is 2. The lowest BCUT2D eigenvalue weighted by atomic mass is 9.91. The van der Waals surface area contributed by atoms with Crippen molar-refractivity contribution in [3.05, 3.63) is 58.5 Å². The second-order valence-corrected chi connectivity index (χ2v) is 12.9. The number of fused-ring (bicyclic) bond motifs is 2. The van der Waals surface area contributed by atoms with Gasteiger partial charge in [0.2, 0.25) is 5.95 Å². The van der Waals surface area contributed by atoms with E-state index in [9.17, 15) is 9.65 Å². The van der Waals surface area contributed by atoms with Crippen LogP contribution >= 0.6 is 22.9 Å². The Balaban J connectivity index is 1.60. The van der Waals surface area contributed by atoms with Gasteiger partial charge in [-0.05, 0) is 45.6 Å². The molecule has 0 unspecified atom stereocenters. The van der Waals surface area contributed by atoms with E-state index in [1.54, 1.807) is 12.3 Å². The molecular weight excluding hydrogens is 606 g/mol. The summed E-state index contributed by atoms with van der Waals surface area (Å²) in [5.41, 5.74) is 13.1. The van der Waals surface area contributed by atoms with Crippen molar-refractivity contribution >= 4 is 66.5 Å². The molecule has 1 aliphatic rings. The average Bonchev–Trinajstić information content (AvgIpc) is 3.32. The Labute approximate surface area is 261 Å². The van der Waals surface area contributed by atoms with Crippen molar-refractivity contribution in [2.24, 2.45) is 0 Å². The largest absolute Gasteiger partial charge is 0.389 e. The number of benzene rings is 2. The number of likely N-dealkylation sites (N-methyl/N-ethyl adjacent to an activating group) is 1. The number of hydrogen-bond acceptors (Lipinski definition) is 11. The predicted octanol–water partition coefficient (Wildman–Crippen LogP) is 5.61. The van der Waals surface area contributed by atoms with Gasteiger partial charge in [-0.25, -0.2) is 23.7 Å². The maximum Gasteiger partial charge on any atom is 0.228 e. The van der Waals surface area contributed by atoms with Gasteiger partial charge in [-0.2, -0.15) is 10.2 Å². The Hall–Kier alpha value is -4.38. The van der Waals surface area contributed by atoms with E-state index in [-0.39, 0.29) is 53.9 Å². The molecule has 14 heteroatoms. The third kappa shape index (κ3) is 4.52. The van der Waals surface area contributed by atoms with E-state index in [4.69, 9.17) is 33.0 Å². The fourth-order valence-corrected chi connectivity index (χ4v) is 6.84. The topological polar surface area (TPSA) is 137 Å². The zero-order chi connectivity index (χ0) is 31.7. The van der Waals surface area contributed by atoms with Crippen molar-refractivity contribution in [3.8, 4) is 17.2 Å². The molecular formula is C30H29ClF2N10S. The third-order valence-corrected chi connectivity index (χ3v) is 9.94. The van der Waals surface area contributed by atoms with Crippen molar-refractivity contribution in [2.75, 3.05) is 55.5 Å². The molecule has 1 saturated heterocycles. The van der Waals surface area contributed by atoms with Crippen molar-refractivity contribution in [3.63, 3.8) is 0 Å². The monoisotopic (exact) mass is 634 g/mol. The van der Waals surface area contributed by atoms with Crippen molar-refractivity contribution in [1.82, 2.24) is 24.8 Å². The van der Waals surface area contributed by atoms with Crippen LogP contribution in [0.4, 0.5) is 31.4 Å². The Morgan fingerprint density at radius 1 is 1.18 bits per heavy atom. The van der Waals surface area contributed by atoms with Gasteiger partial charge in [0.25, 0.3) is 0 Å². The van der Waals surface area contributed by atoms with Crippen LogP contribution in [0.15, 0.2) is 30.7 Å². The summed E-state index contributed by atoms with van der Waals surface area (Å²) in [5.74, 6) is -0.200. The quantitative estimate of drug-likeness (QED) is 0.243. The van der Waals surface area contributed by atoms with E-state index in [2.05, 4.69) is 21.8 Å². The molecule has 1 aliphatic heterocycles. The van der Waals surface area contributed by atoms with Crippen LogP contribution in [0.3, 0.4) is 0 Å². The van der Waals surface area contributed by atoms with E-state index in [0.717, 1.165) is 11.3 Å². The molecule has 0 aliphatic carbocycles. The summed E-state index contributed by atoms with van der Waals surface area (Å²) < 4.78 is 31.9. The Kier molecular flexibility index (Phi) is 7.19. The number of nitrogens with zero attached hydrogens (tertiary/aromatic N) is 8. The highest BCUT2D eigenvalue weighted by Gasteiger charge is 2.42. The van der Waals surface area contributed by atoms with Crippen LogP contribution in [0.2, 0.25) is 5.02 Å². The predicted molar refractivity (Wildman–Crippen MR) is 172 cm³/mol. The second kappa shape index (κ2) is 10.7. The molecule has 4 N–H and O–H groups in total. The number of rotatable bonds is 6. The molecule has 1 atom stereocenters. The third-order valence-electron chi connectivity index (χ3n) is 8.61. The molecule has 0 spiro atoms. The molecule has 4 heterocycles. The minimum Gasteiger partial charge on any atom is -0.389 e. The maximum absolute atomic E-state index is 16.9. The number of nitrogen functional groups attached to an aromatic ring is 2. The van der Waals surface area contributed by atoms with Crippen molar-refractivity contribution < 1.29 is 8.78 Å². The van der Waals surface area contributed by atoms with Crippen LogP contribution in [-0.2, 0) is 0 Å². The number of halogens is 3. The summed E-state index contributed by atoms with van der Waals surface area (Å²) in [6, 6.07) is 5.91. The van der Waals surface area contributed by atoms with E-state index in [1.165, 1.54) is 18.5 Å². The highest BCUT2D eigenvalue weighted by Crippen LogP contribution is 2.46. The van der Waals surface area contributed by atoms with Gasteiger partial charge < -0.3 is 26.2 Å². The van der Waals surface area contributed by atoms with Crippen LogP contribution in [0.5, 0.6) is 0 Å². The van der Waals surface area contributed by atoms with Gasteiger partial charge in [0, 0.05) is 48.2 Å². The number of thiophene rings is 1. The number of aromatic nitrogens is 4. The average molecular weight is 635 g/mol. The van der Waals surface area contributed by atoms with Crippen LogP contribution in [0.1, 0.15) is 31.0 Å². The molecule has 0 bridgehead atoms. The lowest BCUT2D eigenvalue weighted by Crippen LogP contribution is -2.67. The zero-order valence-corrected chi connectivity index (χ0v) is 26.2. The fraction of sp³-hybridized carbons (Fsp3) is 0.300. The lowest BCUT2D eigenvalue weighted by molar-refractivity contribution is 0.132. The summed E-state index contributed by atoms with van der Waals surface area (Å²) in [4.78, 5) is 23.8. The molecule has 1 fully saturated rings. The number of anilines is 4. The minimum atomic E-state index is -0.724. The Morgan fingerprint density at radius 3 is 2.57 bits per heavy atom. The SMILES string of the molecule is C[C@H](c1cncnc1N)N(C)c1nc(N2CC(C)(N(C)C)C2)nc2c(F)c(-c3ccc(F)c4sc(N)c(C#N)c34)c(Cl)cc12. The molecule has 44 heavy (non-hydrogen) atoms. The van der Waals surface area contributed by atoms with Crippen LogP contribution < -0.4 is 21.3 Å². The van der Waals surface area contributed by atoms with Gasteiger partial charge >= 0.3 is 0 Å². The van der Waals surface area contributed by atoms with Crippen LogP contribution in [-0.4, -0.2) is 64.6 Å². The smallest absolute Gasteiger partial charge is 0.228 e. The molecule has 10 nitrogen and oxygen atoms in total. The molecule has 2 aromatic carbocycles. The molecule has 3 aromatic heterocycles. The lowest BCUT2D eigenvalue weighted by Gasteiger charge is -2.52. The first-order valence-electron chi connectivity index (χ1n) is 13.7. The number of nitriles is 1. The van der Waals surface area contributed by atoms with Crippen molar-refractivity contribution in [1.29, 1.82) is 5.26 Å². The van der Waals surface area contributed by atoms with Gasteiger partial charge in [-0.15, -0.1) is 11.3 Å². The first-order valence-corrected chi connectivity index (χ1v) is 14.9. The Bertz CT molecular complexity index is 2000. The van der Waals surface area contributed by atoms with Gasteiger partial charge in [0.05, 0.1) is 26.9 Å².